The number of hydrazine groups is 1. The van der Waals surface area contributed by atoms with Gasteiger partial charge in [0.05, 0.1) is 6.10 Å². The number of nitrogens with two attached hydrogens (primary N) is 1. The molecule has 0 spiro atoms. The lowest BCUT2D eigenvalue weighted by Gasteiger charge is -2.16. The first-order valence-corrected chi connectivity index (χ1v) is 7.04. The molecule has 6 nitrogen and oxygen atoms in total. The van der Waals surface area contributed by atoms with Gasteiger partial charge >= 0.3 is 0 Å². The predicted octanol–water partition coefficient (Wildman–Crippen LogP) is 1.21. The second kappa shape index (κ2) is 5.30. The van der Waals surface area contributed by atoms with Gasteiger partial charge in [-0.2, -0.15) is 0 Å². The number of aliphatic hydroxyl groups excluding tert-OH is 1. The Morgan fingerprint density at radius 1 is 1.21 bits per heavy atom. The van der Waals surface area contributed by atoms with E-state index in [-0.39, 0.29) is 6.10 Å². The van der Waals surface area contributed by atoms with Crippen LogP contribution in [-0.4, -0.2) is 27.7 Å². The second-order valence-electron chi connectivity index (χ2n) is 5.55. The highest BCUT2D eigenvalue weighted by molar-refractivity contribution is 5.47. The number of nitrogen functional groups attached to an aromatic ring is 1. The number of hydrogen-bond donors (Lipinski definition) is 4. The molecule has 2 unspecified atom stereocenters. The molecular formula is C13H21N5O. The molecule has 2 saturated carbocycles. The minimum Gasteiger partial charge on any atom is -0.393 e. The maximum atomic E-state index is 9.82. The smallest absolute Gasteiger partial charge is 0.145 e. The first-order valence-electron chi connectivity index (χ1n) is 7.04. The largest absolute Gasteiger partial charge is 0.393 e. The highest BCUT2D eigenvalue weighted by Gasteiger charge is 2.28. The van der Waals surface area contributed by atoms with Gasteiger partial charge in [-0.05, 0) is 25.7 Å². The van der Waals surface area contributed by atoms with Crippen LogP contribution in [0.1, 0.15) is 43.8 Å². The molecule has 0 aromatic carbocycles. The van der Waals surface area contributed by atoms with E-state index in [1.807, 2.05) is 6.07 Å². The van der Waals surface area contributed by atoms with Crippen LogP contribution in [0.2, 0.25) is 0 Å². The number of nitrogens with zero attached hydrogens (tertiary/aromatic N) is 2. The fourth-order valence-corrected chi connectivity index (χ4v) is 2.65. The zero-order chi connectivity index (χ0) is 13.2. The van der Waals surface area contributed by atoms with Gasteiger partial charge in [0.1, 0.15) is 17.5 Å². The van der Waals surface area contributed by atoms with Crippen LogP contribution in [0, 0.1) is 5.92 Å². The van der Waals surface area contributed by atoms with Crippen LogP contribution >= 0.6 is 0 Å². The molecule has 19 heavy (non-hydrogen) atoms. The number of nitrogens with one attached hydrogen (secondary N) is 2. The van der Waals surface area contributed by atoms with Crippen molar-refractivity contribution in [2.45, 2.75) is 44.1 Å². The van der Waals surface area contributed by atoms with E-state index < -0.39 is 0 Å². The van der Waals surface area contributed by atoms with E-state index in [0.29, 0.717) is 17.7 Å². The minimum absolute atomic E-state index is 0.177. The van der Waals surface area contributed by atoms with Crippen molar-refractivity contribution in [1.82, 2.24) is 9.97 Å². The van der Waals surface area contributed by atoms with Crippen molar-refractivity contribution in [2.24, 2.45) is 11.8 Å². The Balaban J connectivity index is 1.67. The summed E-state index contributed by atoms with van der Waals surface area (Å²) < 4.78 is 0. The Bertz CT molecular complexity index is 449. The summed E-state index contributed by atoms with van der Waals surface area (Å²) in [5, 5.41) is 13.1. The van der Waals surface area contributed by atoms with Crippen LogP contribution in [0.5, 0.6) is 0 Å². The molecule has 0 saturated heterocycles. The van der Waals surface area contributed by atoms with Crippen LogP contribution in [0.3, 0.4) is 0 Å². The quantitative estimate of drug-likeness (QED) is 0.471. The van der Waals surface area contributed by atoms with E-state index in [0.717, 1.165) is 50.3 Å². The van der Waals surface area contributed by atoms with E-state index in [2.05, 4.69) is 20.7 Å². The SMILES string of the molecule is NNc1cc(NCC2CCCC2O)nc(C2CC2)n1. The molecule has 1 aromatic heterocycles. The zero-order valence-electron chi connectivity index (χ0n) is 11.0. The summed E-state index contributed by atoms with van der Waals surface area (Å²) in [6, 6.07) is 1.81. The summed E-state index contributed by atoms with van der Waals surface area (Å²) in [6.45, 7) is 0.756. The van der Waals surface area contributed by atoms with Crippen LogP contribution in [0.15, 0.2) is 6.07 Å². The molecule has 0 radical (unpaired) electrons. The fraction of sp³-hybridized carbons (Fsp3) is 0.692. The minimum atomic E-state index is -0.177. The maximum absolute atomic E-state index is 9.82. The summed E-state index contributed by atoms with van der Waals surface area (Å²) in [7, 11) is 0. The maximum Gasteiger partial charge on any atom is 0.145 e. The topological polar surface area (TPSA) is 96.1 Å². The molecule has 104 valence electrons. The van der Waals surface area contributed by atoms with Crippen molar-refractivity contribution in [3.63, 3.8) is 0 Å². The molecule has 0 aliphatic heterocycles. The average Bonchev–Trinajstić information content (AvgIpc) is 3.20. The highest BCUT2D eigenvalue weighted by Crippen LogP contribution is 2.38. The Morgan fingerprint density at radius 2 is 2.00 bits per heavy atom. The lowest BCUT2D eigenvalue weighted by Crippen LogP contribution is -2.22. The molecule has 0 bridgehead atoms. The first-order chi connectivity index (χ1) is 9.26. The molecule has 0 amide bonds. The number of aliphatic hydroxyl groups is 1. The number of hydrogen-bond acceptors (Lipinski definition) is 6. The number of rotatable bonds is 5. The predicted molar refractivity (Wildman–Crippen MR) is 73.7 cm³/mol. The first kappa shape index (κ1) is 12.6. The lowest BCUT2D eigenvalue weighted by atomic mass is 10.1. The van der Waals surface area contributed by atoms with E-state index in [9.17, 15) is 5.11 Å². The monoisotopic (exact) mass is 263 g/mol. The Morgan fingerprint density at radius 3 is 2.63 bits per heavy atom. The van der Waals surface area contributed by atoms with Gasteiger partial charge in [-0.15, -0.1) is 0 Å². The second-order valence-corrected chi connectivity index (χ2v) is 5.55. The molecule has 6 heteroatoms. The van der Waals surface area contributed by atoms with Gasteiger partial charge in [-0.3, -0.25) is 0 Å². The summed E-state index contributed by atoms with van der Waals surface area (Å²) >= 11 is 0. The third kappa shape index (κ3) is 2.96. The molecule has 3 rings (SSSR count). The van der Waals surface area contributed by atoms with Crippen LogP contribution < -0.4 is 16.6 Å². The van der Waals surface area contributed by atoms with Crippen molar-refractivity contribution in [1.29, 1.82) is 0 Å². The van der Waals surface area contributed by atoms with E-state index >= 15 is 0 Å². The summed E-state index contributed by atoms with van der Waals surface area (Å²) in [5.74, 6) is 8.57. The van der Waals surface area contributed by atoms with Crippen molar-refractivity contribution in [2.75, 3.05) is 17.3 Å². The van der Waals surface area contributed by atoms with Gasteiger partial charge in [0.2, 0.25) is 0 Å². The average molecular weight is 263 g/mol. The molecule has 2 aliphatic carbocycles. The van der Waals surface area contributed by atoms with Gasteiger partial charge in [0.25, 0.3) is 0 Å². The molecule has 5 N–H and O–H groups in total. The fourth-order valence-electron chi connectivity index (χ4n) is 2.65. The van der Waals surface area contributed by atoms with Crippen molar-refractivity contribution < 1.29 is 5.11 Å². The van der Waals surface area contributed by atoms with Gasteiger partial charge in [-0.25, -0.2) is 15.8 Å². The molecule has 2 fully saturated rings. The Labute approximate surface area is 112 Å². The standard InChI is InChI=1S/C13H21N5O/c14-18-12-6-11(16-13(17-12)8-4-5-8)15-7-9-2-1-3-10(9)19/h6,8-10,19H,1-5,7,14H2,(H2,15,16,17,18). The van der Waals surface area contributed by atoms with Crippen molar-refractivity contribution in [3.8, 4) is 0 Å². The Kier molecular flexibility index (Phi) is 3.52. The van der Waals surface area contributed by atoms with Crippen molar-refractivity contribution >= 4 is 11.6 Å². The van der Waals surface area contributed by atoms with Crippen LogP contribution in [-0.2, 0) is 0 Å². The van der Waals surface area contributed by atoms with Crippen LogP contribution in [0.25, 0.3) is 0 Å². The molecular weight excluding hydrogens is 242 g/mol. The third-order valence-corrected chi connectivity index (χ3v) is 4.00. The molecule has 1 aromatic rings. The van der Waals surface area contributed by atoms with E-state index in [4.69, 9.17) is 5.84 Å². The molecule has 1 heterocycles. The summed E-state index contributed by atoms with van der Waals surface area (Å²) in [6.07, 6.45) is 5.25. The molecule has 2 atom stereocenters. The van der Waals surface area contributed by atoms with E-state index in [1.165, 1.54) is 0 Å². The van der Waals surface area contributed by atoms with Gasteiger partial charge < -0.3 is 15.8 Å². The van der Waals surface area contributed by atoms with Gasteiger partial charge in [0.15, 0.2) is 0 Å². The molecule has 2 aliphatic rings. The zero-order valence-corrected chi connectivity index (χ0v) is 11.0. The number of anilines is 2. The van der Waals surface area contributed by atoms with Gasteiger partial charge in [-0.1, -0.05) is 6.42 Å². The summed E-state index contributed by atoms with van der Waals surface area (Å²) in [4.78, 5) is 8.90. The van der Waals surface area contributed by atoms with Gasteiger partial charge in [0, 0.05) is 24.4 Å². The highest BCUT2D eigenvalue weighted by atomic mass is 16.3. The van der Waals surface area contributed by atoms with Crippen molar-refractivity contribution in [3.05, 3.63) is 11.9 Å². The third-order valence-electron chi connectivity index (χ3n) is 4.00. The van der Waals surface area contributed by atoms with Crippen LogP contribution in [0.4, 0.5) is 11.6 Å². The lowest BCUT2D eigenvalue weighted by molar-refractivity contribution is 0.138. The normalized spacial score (nSPS) is 26.4. The summed E-state index contributed by atoms with van der Waals surface area (Å²) in [5.41, 5.74) is 2.59. The Hall–Kier alpha value is -1.40. The van der Waals surface area contributed by atoms with E-state index in [1.54, 1.807) is 0 Å². The number of aromatic nitrogens is 2.